The van der Waals surface area contributed by atoms with Crippen LogP contribution < -0.4 is 0 Å². The highest BCUT2D eigenvalue weighted by Gasteiger charge is 2.10. The first-order valence-corrected chi connectivity index (χ1v) is 9.95. The van der Waals surface area contributed by atoms with Crippen LogP contribution in [0.15, 0.2) is 97.2 Å². The van der Waals surface area contributed by atoms with Gasteiger partial charge in [0.25, 0.3) is 0 Å². The molecule has 30 heavy (non-hydrogen) atoms. The average Bonchev–Trinajstić information content (AvgIpc) is 2.82. The number of benzene rings is 5. The molecule has 0 aliphatic heterocycles. The first-order chi connectivity index (χ1) is 14.8. The Morgan fingerprint density at radius 3 is 1.73 bits per heavy atom. The van der Waals surface area contributed by atoms with E-state index in [9.17, 15) is 0 Å². The highest BCUT2D eigenvalue weighted by atomic mass is 14.7. The second-order valence-corrected chi connectivity index (χ2v) is 7.63. The Hall–Kier alpha value is -4.22. The van der Waals surface area contributed by atoms with Gasteiger partial charge in [0.2, 0.25) is 0 Å². The van der Waals surface area contributed by atoms with Gasteiger partial charge in [-0.15, -0.1) is 0 Å². The molecule has 0 aliphatic carbocycles. The van der Waals surface area contributed by atoms with Crippen LogP contribution in [0, 0.1) is 11.3 Å². The van der Waals surface area contributed by atoms with Crippen molar-refractivity contribution in [3.05, 3.63) is 103 Å². The standard InChI is InChI=1S/C28H16N2/c29-17-26-16-22(12-13-30-26)18-4-6-19(7-5-18)25-14-23-10-8-20-2-1-3-21-9-11-24(15-25)28(23)27(20)21/h1-16H. The molecule has 2 heteroatoms. The van der Waals surface area contributed by atoms with Crippen LogP contribution >= 0.6 is 0 Å². The fourth-order valence-corrected chi connectivity index (χ4v) is 4.45. The minimum absolute atomic E-state index is 0.434. The number of rotatable bonds is 2. The van der Waals surface area contributed by atoms with E-state index in [1.165, 1.54) is 43.4 Å². The summed E-state index contributed by atoms with van der Waals surface area (Å²) in [7, 11) is 0. The molecule has 0 unspecified atom stereocenters. The third-order valence-corrected chi connectivity index (χ3v) is 5.89. The first-order valence-electron chi connectivity index (χ1n) is 9.95. The Balaban J connectivity index is 1.48. The van der Waals surface area contributed by atoms with Gasteiger partial charge in [-0.25, -0.2) is 4.98 Å². The smallest absolute Gasteiger partial charge is 0.141 e. The first kappa shape index (κ1) is 16.7. The van der Waals surface area contributed by atoms with Crippen LogP contribution in [0.25, 0.3) is 54.6 Å². The summed E-state index contributed by atoms with van der Waals surface area (Å²) in [5.74, 6) is 0. The largest absolute Gasteiger partial charge is 0.246 e. The Labute approximate surface area is 174 Å². The van der Waals surface area contributed by atoms with E-state index >= 15 is 0 Å². The van der Waals surface area contributed by atoms with Crippen molar-refractivity contribution in [2.24, 2.45) is 0 Å². The lowest BCUT2D eigenvalue weighted by atomic mass is 9.91. The molecule has 1 heterocycles. The van der Waals surface area contributed by atoms with E-state index in [0.717, 1.165) is 11.1 Å². The van der Waals surface area contributed by atoms with Crippen molar-refractivity contribution in [1.29, 1.82) is 5.26 Å². The van der Waals surface area contributed by atoms with E-state index in [1.807, 2.05) is 12.1 Å². The third kappa shape index (κ3) is 2.53. The summed E-state index contributed by atoms with van der Waals surface area (Å²) in [6.45, 7) is 0. The molecule has 6 aromatic rings. The molecule has 5 aromatic carbocycles. The number of aromatic nitrogens is 1. The van der Waals surface area contributed by atoms with E-state index in [-0.39, 0.29) is 0 Å². The lowest BCUT2D eigenvalue weighted by molar-refractivity contribution is 1.26. The quantitative estimate of drug-likeness (QED) is 0.298. The van der Waals surface area contributed by atoms with Gasteiger partial charge in [-0.3, -0.25) is 0 Å². The fourth-order valence-electron chi connectivity index (χ4n) is 4.45. The Morgan fingerprint density at radius 1 is 0.533 bits per heavy atom. The summed E-state index contributed by atoms with van der Waals surface area (Å²) < 4.78 is 0. The van der Waals surface area contributed by atoms with Crippen LogP contribution in [0.3, 0.4) is 0 Å². The molecule has 0 aliphatic rings. The Bertz CT molecular complexity index is 1520. The maximum Gasteiger partial charge on any atom is 0.141 e. The molecule has 2 nitrogen and oxygen atoms in total. The molecule has 0 saturated heterocycles. The van der Waals surface area contributed by atoms with E-state index in [2.05, 4.69) is 89.9 Å². The molecule has 0 fully saturated rings. The molecular weight excluding hydrogens is 364 g/mol. The van der Waals surface area contributed by atoms with Crippen LogP contribution in [-0.4, -0.2) is 4.98 Å². The number of hydrogen-bond donors (Lipinski definition) is 0. The monoisotopic (exact) mass is 380 g/mol. The number of nitrogens with zero attached hydrogens (tertiary/aromatic N) is 2. The van der Waals surface area contributed by atoms with E-state index in [1.54, 1.807) is 6.20 Å². The topological polar surface area (TPSA) is 36.7 Å². The van der Waals surface area contributed by atoms with Crippen molar-refractivity contribution in [3.8, 4) is 28.3 Å². The second-order valence-electron chi connectivity index (χ2n) is 7.63. The van der Waals surface area contributed by atoms with Gasteiger partial charge in [0, 0.05) is 6.20 Å². The zero-order valence-corrected chi connectivity index (χ0v) is 16.1. The lowest BCUT2D eigenvalue weighted by Crippen LogP contribution is -1.87. The van der Waals surface area contributed by atoms with E-state index in [0.29, 0.717) is 5.69 Å². The molecule has 0 saturated carbocycles. The second kappa shape index (κ2) is 6.40. The van der Waals surface area contributed by atoms with Gasteiger partial charge in [0.1, 0.15) is 11.8 Å². The van der Waals surface area contributed by atoms with Gasteiger partial charge in [0.05, 0.1) is 0 Å². The third-order valence-electron chi connectivity index (χ3n) is 5.89. The highest BCUT2D eigenvalue weighted by Crippen LogP contribution is 2.37. The van der Waals surface area contributed by atoms with Gasteiger partial charge in [-0.05, 0) is 78.8 Å². The molecule has 1 aromatic heterocycles. The summed E-state index contributed by atoms with van der Waals surface area (Å²) in [5, 5.41) is 16.9. The molecule has 0 bridgehead atoms. The van der Waals surface area contributed by atoms with Gasteiger partial charge in [0.15, 0.2) is 0 Å². The van der Waals surface area contributed by atoms with Crippen molar-refractivity contribution in [2.75, 3.05) is 0 Å². The van der Waals surface area contributed by atoms with Crippen LogP contribution in [-0.2, 0) is 0 Å². The maximum absolute atomic E-state index is 9.09. The molecular formula is C28H16N2. The summed E-state index contributed by atoms with van der Waals surface area (Å²) in [5.41, 5.74) is 4.90. The van der Waals surface area contributed by atoms with Gasteiger partial charge < -0.3 is 0 Å². The minimum Gasteiger partial charge on any atom is -0.246 e. The predicted octanol–water partition coefficient (Wildman–Crippen LogP) is 7.18. The van der Waals surface area contributed by atoms with Crippen molar-refractivity contribution in [2.45, 2.75) is 0 Å². The van der Waals surface area contributed by atoms with Gasteiger partial charge in [-0.1, -0.05) is 66.7 Å². The summed E-state index contributed by atoms with van der Waals surface area (Å²) >= 11 is 0. The molecule has 0 N–H and O–H groups in total. The Kier molecular flexibility index (Phi) is 3.57. The van der Waals surface area contributed by atoms with Gasteiger partial charge in [-0.2, -0.15) is 5.26 Å². The number of pyridine rings is 1. The van der Waals surface area contributed by atoms with Gasteiger partial charge >= 0.3 is 0 Å². The Morgan fingerprint density at radius 2 is 1.10 bits per heavy atom. The average molecular weight is 380 g/mol. The fraction of sp³-hybridized carbons (Fsp3) is 0. The molecule has 0 spiro atoms. The zero-order chi connectivity index (χ0) is 20.1. The van der Waals surface area contributed by atoms with Crippen LogP contribution in [0.1, 0.15) is 5.69 Å². The maximum atomic E-state index is 9.09. The molecule has 138 valence electrons. The minimum atomic E-state index is 0.434. The normalized spacial score (nSPS) is 11.3. The molecule has 0 radical (unpaired) electrons. The van der Waals surface area contributed by atoms with Crippen LogP contribution in [0.2, 0.25) is 0 Å². The number of nitriles is 1. The summed E-state index contributed by atoms with van der Waals surface area (Å²) in [4.78, 5) is 4.06. The zero-order valence-electron chi connectivity index (χ0n) is 16.1. The van der Waals surface area contributed by atoms with E-state index < -0.39 is 0 Å². The lowest BCUT2D eigenvalue weighted by Gasteiger charge is -2.13. The van der Waals surface area contributed by atoms with Crippen molar-refractivity contribution < 1.29 is 0 Å². The highest BCUT2D eigenvalue weighted by molar-refractivity contribution is 6.23. The SMILES string of the molecule is N#Cc1cc(-c2ccc(-c3cc4ccc5cccc6ccc(c3)c4c56)cc2)ccn1. The van der Waals surface area contributed by atoms with Crippen molar-refractivity contribution in [3.63, 3.8) is 0 Å². The van der Waals surface area contributed by atoms with Crippen LogP contribution in [0.5, 0.6) is 0 Å². The predicted molar refractivity (Wildman–Crippen MR) is 124 cm³/mol. The van der Waals surface area contributed by atoms with Crippen molar-refractivity contribution in [1.82, 2.24) is 4.98 Å². The summed E-state index contributed by atoms with van der Waals surface area (Å²) in [6.07, 6.45) is 1.68. The number of hydrogen-bond acceptors (Lipinski definition) is 2. The molecule has 0 atom stereocenters. The van der Waals surface area contributed by atoms with E-state index in [4.69, 9.17) is 5.26 Å². The molecule has 6 rings (SSSR count). The van der Waals surface area contributed by atoms with Crippen molar-refractivity contribution >= 4 is 32.3 Å². The summed E-state index contributed by atoms with van der Waals surface area (Å²) in [6, 6.07) is 34.3. The van der Waals surface area contributed by atoms with Crippen LogP contribution in [0.4, 0.5) is 0 Å². The molecule has 0 amide bonds.